The normalized spacial score (nSPS) is 24.2. The van der Waals surface area contributed by atoms with Crippen LogP contribution in [0.5, 0.6) is 0 Å². The van der Waals surface area contributed by atoms with E-state index in [0.717, 1.165) is 18.2 Å². The maximum Gasteiger partial charge on any atom is 0.268 e. The predicted molar refractivity (Wildman–Crippen MR) is 133 cm³/mol. The van der Waals surface area contributed by atoms with Crippen molar-refractivity contribution in [2.24, 2.45) is 11.7 Å². The highest BCUT2D eigenvalue weighted by molar-refractivity contribution is 6.07. The third-order valence-electron chi connectivity index (χ3n) is 8.14. The summed E-state index contributed by atoms with van der Waals surface area (Å²) < 4.78 is 69.6. The van der Waals surface area contributed by atoms with Crippen molar-refractivity contribution in [3.8, 4) is 0 Å². The number of likely N-dealkylation sites (tertiary alicyclic amines) is 1. The maximum absolute atomic E-state index is 14.2. The van der Waals surface area contributed by atoms with E-state index < -0.39 is 77.5 Å². The molecule has 13 heteroatoms. The van der Waals surface area contributed by atoms with Crippen molar-refractivity contribution in [3.05, 3.63) is 65.1 Å². The number of nitrogens with two attached hydrogens (primary N) is 1. The Morgan fingerprint density at radius 3 is 2.50 bits per heavy atom. The summed E-state index contributed by atoms with van der Waals surface area (Å²) >= 11 is 0. The van der Waals surface area contributed by atoms with E-state index in [1.807, 2.05) is 0 Å². The fourth-order valence-corrected chi connectivity index (χ4v) is 6.14. The van der Waals surface area contributed by atoms with Crippen molar-refractivity contribution in [1.82, 2.24) is 15.2 Å². The number of nitrogens with one attached hydrogen (secondary N) is 3. The Hall–Kier alpha value is -4.00. The number of H-pyrrole nitrogens is 1. The molecule has 0 bridgehead atoms. The molecule has 1 aliphatic carbocycles. The van der Waals surface area contributed by atoms with Gasteiger partial charge in [0.15, 0.2) is 0 Å². The van der Waals surface area contributed by atoms with E-state index in [1.165, 1.54) is 23.1 Å². The van der Waals surface area contributed by atoms with Gasteiger partial charge in [-0.25, -0.2) is 22.0 Å². The van der Waals surface area contributed by atoms with Gasteiger partial charge in [0.05, 0.1) is 17.1 Å². The highest BCUT2D eigenvalue weighted by Crippen LogP contribution is 2.47. The molecule has 8 nitrogen and oxygen atoms in total. The largest absolute Gasteiger partial charge is 0.348 e. The van der Waals surface area contributed by atoms with Gasteiger partial charge >= 0.3 is 0 Å². The lowest BCUT2D eigenvalue weighted by atomic mass is 9.77. The fourth-order valence-electron chi connectivity index (χ4n) is 6.14. The van der Waals surface area contributed by atoms with Gasteiger partial charge in [-0.15, -0.1) is 0 Å². The minimum atomic E-state index is -2.88. The summed E-state index contributed by atoms with van der Waals surface area (Å²) in [6, 6.07) is 5.38. The van der Waals surface area contributed by atoms with Crippen LogP contribution in [0.15, 0.2) is 36.4 Å². The number of hydrogen-bond donors (Lipinski definition) is 4. The van der Waals surface area contributed by atoms with Crippen LogP contribution in [0.2, 0.25) is 0 Å². The van der Waals surface area contributed by atoms with Crippen LogP contribution in [0.25, 0.3) is 10.9 Å². The maximum atomic E-state index is 14.2. The molecule has 5 N–H and O–H groups in total. The van der Waals surface area contributed by atoms with Crippen LogP contribution in [-0.4, -0.2) is 52.3 Å². The number of carbonyl (C=O) groups excluding carboxylic acids is 3. The van der Waals surface area contributed by atoms with E-state index in [4.69, 9.17) is 5.73 Å². The monoisotopic (exact) mass is 561 g/mol. The summed E-state index contributed by atoms with van der Waals surface area (Å²) in [7, 11) is 0. The van der Waals surface area contributed by atoms with Crippen LogP contribution in [0.3, 0.4) is 0 Å². The van der Waals surface area contributed by atoms with Crippen LogP contribution in [-0.2, 0) is 15.0 Å². The van der Waals surface area contributed by atoms with Gasteiger partial charge in [0.25, 0.3) is 5.91 Å². The van der Waals surface area contributed by atoms with Crippen molar-refractivity contribution < 1.29 is 36.3 Å². The number of carbonyl (C=O) groups is 3. The number of aromatic nitrogens is 1. The first kappa shape index (κ1) is 26.2. The summed E-state index contributed by atoms with van der Waals surface area (Å²) in [6.45, 7) is -0.217. The topological polar surface area (TPSA) is 120 Å². The van der Waals surface area contributed by atoms with Crippen LogP contribution in [0, 0.1) is 23.4 Å². The Morgan fingerprint density at radius 2 is 1.80 bits per heavy atom. The van der Waals surface area contributed by atoms with E-state index in [0.29, 0.717) is 11.3 Å². The van der Waals surface area contributed by atoms with Crippen LogP contribution in [0.1, 0.15) is 41.7 Å². The minimum absolute atomic E-state index is 0.0240. The Morgan fingerprint density at radius 1 is 1.07 bits per heavy atom. The number of aromatic amines is 1. The predicted octanol–water partition coefficient (Wildman–Crippen LogP) is 3.53. The first-order chi connectivity index (χ1) is 18.9. The average molecular weight is 562 g/mol. The van der Waals surface area contributed by atoms with Crippen LogP contribution < -0.4 is 16.4 Å². The third kappa shape index (κ3) is 4.19. The fraction of sp³-hybridized carbons (Fsp3) is 0.370. The van der Waals surface area contributed by atoms with Crippen molar-refractivity contribution in [2.45, 2.75) is 49.2 Å². The standard InChI is InChI=1S/C27H24F5N5O3/c28-13-1-4-18-15(6-13)26(25(40)36-18)10-21(33)37(11-26)24(39)20(5-12-8-27(31,32)9-12)35-23(38)19-7-14-16(29)2-3-17(30)22(14)34-19/h1-4,6-7,12,20-21,34H,5,8-11,33H2,(H,35,38)(H,36,40)/t20-,21-,26-/m0/s1. The zero-order valence-corrected chi connectivity index (χ0v) is 20.9. The van der Waals surface area contributed by atoms with Crippen molar-refractivity contribution >= 4 is 34.3 Å². The summed E-state index contributed by atoms with van der Waals surface area (Å²) in [4.78, 5) is 43.6. The number of hydrogen-bond acceptors (Lipinski definition) is 4. The van der Waals surface area contributed by atoms with Crippen molar-refractivity contribution in [3.63, 3.8) is 0 Å². The van der Waals surface area contributed by atoms with Crippen LogP contribution >= 0.6 is 0 Å². The number of alkyl halides is 2. The first-order valence-electron chi connectivity index (χ1n) is 12.7. The summed E-state index contributed by atoms with van der Waals surface area (Å²) in [5, 5.41) is 5.02. The molecule has 2 aromatic carbocycles. The lowest BCUT2D eigenvalue weighted by molar-refractivity contribution is -0.139. The molecule has 40 heavy (non-hydrogen) atoms. The Bertz CT molecular complexity index is 1530. The summed E-state index contributed by atoms with van der Waals surface area (Å²) in [6.07, 6.45) is -2.10. The molecule has 3 aromatic rings. The Kier molecular flexibility index (Phi) is 5.91. The minimum Gasteiger partial charge on any atom is -0.348 e. The molecule has 0 radical (unpaired) electrons. The molecule has 6 rings (SSSR count). The molecule has 3 amide bonds. The lowest BCUT2D eigenvalue weighted by Gasteiger charge is -2.37. The second-order valence-corrected chi connectivity index (χ2v) is 10.9. The molecule has 1 saturated carbocycles. The zero-order chi connectivity index (χ0) is 28.6. The number of nitrogens with zero attached hydrogens (tertiary/aromatic N) is 1. The van der Waals surface area contributed by atoms with E-state index >= 15 is 0 Å². The summed E-state index contributed by atoms with van der Waals surface area (Å²) in [5.41, 5.74) is 5.23. The molecule has 1 aromatic heterocycles. The number of benzene rings is 2. The van der Waals surface area contributed by atoms with E-state index in [9.17, 15) is 36.3 Å². The smallest absolute Gasteiger partial charge is 0.268 e. The Labute approximate surface area is 224 Å². The highest BCUT2D eigenvalue weighted by atomic mass is 19.3. The quantitative estimate of drug-likeness (QED) is 0.357. The molecule has 1 saturated heterocycles. The molecule has 1 spiro atoms. The molecule has 2 aliphatic heterocycles. The lowest BCUT2D eigenvalue weighted by Crippen LogP contribution is -2.54. The van der Waals surface area contributed by atoms with E-state index in [1.54, 1.807) is 0 Å². The number of rotatable bonds is 5. The SMILES string of the molecule is N[C@@H]1C[C@@]2(CN1C(=O)[C@H](CC1CC(F)(F)C1)NC(=O)c1cc3c(F)ccc(F)c3[nH]1)C(=O)Nc1ccc(F)cc12. The third-order valence-corrected chi connectivity index (χ3v) is 8.14. The second-order valence-electron chi connectivity index (χ2n) is 10.9. The number of halogens is 5. The Balaban J connectivity index is 1.28. The van der Waals surface area contributed by atoms with Gasteiger partial charge in [-0.2, -0.15) is 0 Å². The van der Waals surface area contributed by atoms with Crippen molar-refractivity contribution in [2.75, 3.05) is 11.9 Å². The van der Waals surface area contributed by atoms with Gasteiger partial charge in [0, 0.05) is 36.9 Å². The van der Waals surface area contributed by atoms with Gasteiger partial charge in [-0.05, 0) is 54.3 Å². The van der Waals surface area contributed by atoms with Gasteiger partial charge in [-0.1, -0.05) is 0 Å². The molecule has 3 heterocycles. The molecular weight excluding hydrogens is 537 g/mol. The zero-order valence-electron chi connectivity index (χ0n) is 20.9. The molecule has 3 aliphatic rings. The number of fused-ring (bicyclic) bond motifs is 3. The second kappa shape index (κ2) is 9.01. The molecular formula is C27H24F5N5O3. The van der Waals surface area contributed by atoms with Gasteiger partial charge in [-0.3, -0.25) is 14.4 Å². The van der Waals surface area contributed by atoms with Gasteiger partial charge < -0.3 is 26.3 Å². The molecule has 210 valence electrons. The van der Waals surface area contributed by atoms with E-state index in [2.05, 4.69) is 15.6 Å². The molecule has 3 atom stereocenters. The summed E-state index contributed by atoms with van der Waals surface area (Å²) in [5.74, 6) is -7.64. The van der Waals surface area contributed by atoms with Gasteiger partial charge in [0.1, 0.15) is 29.2 Å². The van der Waals surface area contributed by atoms with Crippen LogP contribution in [0.4, 0.5) is 27.6 Å². The van der Waals surface area contributed by atoms with Crippen molar-refractivity contribution in [1.29, 1.82) is 0 Å². The first-order valence-corrected chi connectivity index (χ1v) is 12.7. The average Bonchev–Trinajstić information content (AvgIpc) is 3.55. The molecule has 0 unspecified atom stereocenters. The molecule has 2 fully saturated rings. The van der Waals surface area contributed by atoms with E-state index in [-0.39, 0.29) is 36.0 Å². The number of anilines is 1. The number of amides is 3. The highest BCUT2D eigenvalue weighted by Gasteiger charge is 2.56. The van der Waals surface area contributed by atoms with Gasteiger partial charge in [0.2, 0.25) is 17.7 Å².